The van der Waals surface area contributed by atoms with Crippen LogP contribution in [0.15, 0.2) is 0 Å². The van der Waals surface area contributed by atoms with Crippen LogP contribution >= 0.6 is 0 Å². The second-order valence-electron chi connectivity index (χ2n) is 8.23. The lowest BCUT2D eigenvalue weighted by atomic mass is 9.48. The first-order valence-corrected chi connectivity index (χ1v) is 8.47. The van der Waals surface area contributed by atoms with E-state index < -0.39 is 0 Å². The fourth-order valence-corrected chi connectivity index (χ4v) is 6.30. The van der Waals surface area contributed by atoms with Gasteiger partial charge in [-0.25, -0.2) is 0 Å². The molecule has 0 aromatic carbocycles. The normalized spacial score (nSPS) is 51.9. The van der Waals surface area contributed by atoms with E-state index in [4.69, 9.17) is 4.74 Å². The van der Waals surface area contributed by atoms with Crippen molar-refractivity contribution in [1.82, 2.24) is 5.32 Å². The lowest BCUT2D eigenvalue weighted by Crippen LogP contribution is -2.47. The molecule has 0 spiro atoms. The van der Waals surface area contributed by atoms with E-state index in [1.54, 1.807) is 38.5 Å². The summed E-state index contributed by atoms with van der Waals surface area (Å²) in [6.07, 6.45) is 13.3. The van der Waals surface area contributed by atoms with Gasteiger partial charge in [-0.1, -0.05) is 0 Å². The summed E-state index contributed by atoms with van der Waals surface area (Å²) in [5.41, 5.74) is 0.895. The van der Waals surface area contributed by atoms with Gasteiger partial charge in [0.25, 0.3) is 0 Å². The first-order chi connectivity index (χ1) is 9.21. The molecule has 0 aromatic rings. The van der Waals surface area contributed by atoms with Crippen molar-refractivity contribution in [2.75, 3.05) is 20.2 Å². The number of methoxy groups -OCH3 is 1. The van der Waals surface area contributed by atoms with Crippen molar-refractivity contribution in [3.63, 3.8) is 0 Å². The number of nitrogens with one attached hydrogen (secondary N) is 1. The molecule has 5 rings (SSSR count). The third-order valence-corrected chi connectivity index (χ3v) is 6.91. The highest BCUT2D eigenvalue weighted by molar-refractivity contribution is 5.02. The van der Waals surface area contributed by atoms with Crippen LogP contribution in [-0.2, 0) is 4.74 Å². The molecule has 4 aliphatic carbocycles. The Balaban J connectivity index is 1.45. The minimum atomic E-state index is 0.170. The van der Waals surface area contributed by atoms with Gasteiger partial charge in [-0.3, -0.25) is 0 Å². The molecule has 108 valence electrons. The van der Waals surface area contributed by atoms with Gasteiger partial charge in [-0.2, -0.15) is 0 Å². The predicted octanol–water partition coefficient (Wildman–Crippen LogP) is 3.36. The average molecular weight is 263 g/mol. The molecular formula is C17H29NO. The Morgan fingerprint density at radius 2 is 1.63 bits per heavy atom. The highest BCUT2D eigenvalue weighted by atomic mass is 16.5. The molecule has 1 atom stereocenters. The fraction of sp³-hybridized carbons (Fsp3) is 1.00. The Morgan fingerprint density at radius 3 is 2.11 bits per heavy atom. The van der Waals surface area contributed by atoms with Crippen molar-refractivity contribution in [1.29, 1.82) is 0 Å². The van der Waals surface area contributed by atoms with E-state index in [-0.39, 0.29) is 5.60 Å². The van der Waals surface area contributed by atoms with Gasteiger partial charge in [0.2, 0.25) is 0 Å². The maximum Gasteiger partial charge on any atom is 0.0814 e. The van der Waals surface area contributed by atoms with Crippen LogP contribution in [-0.4, -0.2) is 25.8 Å². The molecule has 2 nitrogen and oxygen atoms in total. The average Bonchev–Trinajstić information content (AvgIpc) is 2.84. The minimum absolute atomic E-state index is 0.170. The lowest BCUT2D eigenvalue weighted by Gasteiger charge is -2.57. The van der Waals surface area contributed by atoms with Crippen molar-refractivity contribution in [2.24, 2.45) is 23.2 Å². The molecule has 1 heterocycles. The highest BCUT2D eigenvalue weighted by Crippen LogP contribution is 2.62. The maximum atomic E-state index is 5.90. The molecular weight excluding hydrogens is 234 g/mol. The first kappa shape index (κ1) is 12.6. The largest absolute Gasteiger partial charge is 0.377 e. The van der Waals surface area contributed by atoms with Crippen LogP contribution in [0.4, 0.5) is 0 Å². The molecule has 19 heavy (non-hydrogen) atoms. The Hall–Kier alpha value is -0.0800. The molecule has 1 aliphatic heterocycles. The van der Waals surface area contributed by atoms with Crippen LogP contribution < -0.4 is 5.32 Å². The summed E-state index contributed by atoms with van der Waals surface area (Å²) < 4.78 is 5.90. The van der Waals surface area contributed by atoms with E-state index in [2.05, 4.69) is 5.32 Å². The molecule has 5 fully saturated rings. The molecule has 0 aromatic heterocycles. The zero-order valence-corrected chi connectivity index (χ0v) is 12.4. The van der Waals surface area contributed by atoms with Crippen molar-refractivity contribution in [3.05, 3.63) is 0 Å². The van der Waals surface area contributed by atoms with Gasteiger partial charge in [0.1, 0.15) is 0 Å². The van der Waals surface area contributed by atoms with Crippen LogP contribution in [0.5, 0.6) is 0 Å². The van der Waals surface area contributed by atoms with Crippen molar-refractivity contribution >= 4 is 0 Å². The molecule has 1 N–H and O–H groups in total. The van der Waals surface area contributed by atoms with Crippen molar-refractivity contribution in [3.8, 4) is 0 Å². The summed E-state index contributed by atoms with van der Waals surface area (Å²) in [7, 11) is 1.92. The summed E-state index contributed by atoms with van der Waals surface area (Å²) in [4.78, 5) is 0. The standard InChI is InChI=1S/C17H29NO/c1-19-17(4-5-18-12-17)3-2-16-9-13-6-14(10-16)8-15(7-13)11-16/h13-15,18H,2-12H2,1H3. The molecule has 4 saturated carbocycles. The molecule has 1 unspecified atom stereocenters. The minimum Gasteiger partial charge on any atom is -0.377 e. The summed E-state index contributed by atoms with van der Waals surface area (Å²) in [5.74, 6) is 3.27. The molecule has 2 heteroatoms. The van der Waals surface area contributed by atoms with Gasteiger partial charge in [-0.05, 0) is 87.5 Å². The summed E-state index contributed by atoms with van der Waals surface area (Å²) in [6.45, 7) is 2.23. The van der Waals surface area contributed by atoms with E-state index in [0.717, 1.165) is 36.3 Å². The second-order valence-corrected chi connectivity index (χ2v) is 8.23. The lowest BCUT2D eigenvalue weighted by molar-refractivity contribution is -0.0764. The van der Waals surface area contributed by atoms with Gasteiger partial charge in [0.05, 0.1) is 5.60 Å². The van der Waals surface area contributed by atoms with Gasteiger partial charge in [-0.15, -0.1) is 0 Å². The summed E-state index contributed by atoms with van der Waals surface area (Å²) in [6, 6.07) is 0. The van der Waals surface area contributed by atoms with Crippen LogP contribution in [0.2, 0.25) is 0 Å². The Morgan fingerprint density at radius 1 is 1.00 bits per heavy atom. The number of rotatable bonds is 4. The molecule has 0 amide bonds. The molecule has 4 bridgehead atoms. The molecule has 5 aliphatic rings. The van der Waals surface area contributed by atoms with E-state index in [0.29, 0.717) is 0 Å². The quantitative estimate of drug-likeness (QED) is 0.840. The monoisotopic (exact) mass is 263 g/mol. The van der Waals surface area contributed by atoms with E-state index >= 15 is 0 Å². The summed E-state index contributed by atoms with van der Waals surface area (Å²) in [5, 5.41) is 3.50. The second kappa shape index (κ2) is 4.46. The van der Waals surface area contributed by atoms with Crippen LogP contribution in [0.3, 0.4) is 0 Å². The number of ether oxygens (including phenoxy) is 1. The van der Waals surface area contributed by atoms with E-state index in [9.17, 15) is 0 Å². The maximum absolute atomic E-state index is 5.90. The molecule has 0 radical (unpaired) electrons. The van der Waals surface area contributed by atoms with Gasteiger partial charge >= 0.3 is 0 Å². The number of hydrogen-bond acceptors (Lipinski definition) is 2. The molecule has 1 saturated heterocycles. The summed E-state index contributed by atoms with van der Waals surface area (Å²) >= 11 is 0. The third-order valence-electron chi connectivity index (χ3n) is 6.91. The highest BCUT2D eigenvalue weighted by Gasteiger charge is 2.51. The topological polar surface area (TPSA) is 21.3 Å². The van der Waals surface area contributed by atoms with Crippen LogP contribution in [0.1, 0.15) is 57.8 Å². The van der Waals surface area contributed by atoms with Crippen molar-refractivity contribution in [2.45, 2.75) is 63.4 Å². The number of hydrogen-bond donors (Lipinski definition) is 1. The SMILES string of the molecule is COC1(CCC23CC4CC(CC(C4)C2)C3)CCNC1. The van der Waals surface area contributed by atoms with E-state index in [1.165, 1.54) is 19.3 Å². The van der Waals surface area contributed by atoms with Crippen molar-refractivity contribution < 1.29 is 4.74 Å². The Kier molecular flexibility index (Phi) is 2.97. The smallest absolute Gasteiger partial charge is 0.0814 e. The first-order valence-electron chi connectivity index (χ1n) is 8.47. The fourth-order valence-electron chi connectivity index (χ4n) is 6.30. The zero-order valence-electron chi connectivity index (χ0n) is 12.4. The van der Waals surface area contributed by atoms with Gasteiger partial charge in [0.15, 0.2) is 0 Å². The third kappa shape index (κ3) is 2.15. The Bertz CT molecular complexity index is 310. The van der Waals surface area contributed by atoms with E-state index in [1.807, 2.05) is 7.11 Å². The van der Waals surface area contributed by atoms with Crippen LogP contribution in [0, 0.1) is 23.2 Å². The zero-order chi connectivity index (χ0) is 12.9. The predicted molar refractivity (Wildman–Crippen MR) is 77.1 cm³/mol. The Labute approximate surface area is 117 Å². The van der Waals surface area contributed by atoms with Gasteiger partial charge in [0, 0.05) is 13.7 Å². The van der Waals surface area contributed by atoms with Crippen LogP contribution in [0.25, 0.3) is 0 Å². The van der Waals surface area contributed by atoms with Gasteiger partial charge < -0.3 is 10.1 Å².